The van der Waals surface area contributed by atoms with Gasteiger partial charge in [-0.05, 0) is 65.0 Å². The molecule has 0 spiro atoms. The molecule has 2 N–H and O–H groups in total. The largest absolute Gasteiger partial charge is 0.330 e. The van der Waals surface area contributed by atoms with Crippen LogP contribution in [0, 0.1) is 5.92 Å². The molecule has 3 aliphatic rings. The topological polar surface area (TPSA) is 32.5 Å². The van der Waals surface area contributed by atoms with E-state index in [-0.39, 0.29) is 0 Å². The Bertz CT molecular complexity index is 279. The molecule has 104 valence electrons. The van der Waals surface area contributed by atoms with E-state index in [2.05, 4.69) is 23.8 Å². The zero-order valence-electron chi connectivity index (χ0n) is 12.0. The molecule has 0 aromatic rings. The minimum atomic E-state index is 0.749. The summed E-state index contributed by atoms with van der Waals surface area (Å²) in [5.41, 5.74) is 5.89. The molecule has 0 amide bonds. The Balaban J connectivity index is 1.67. The lowest BCUT2D eigenvalue weighted by Gasteiger charge is -2.47. The normalized spacial score (nSPS) is 46.5. The molecule has 3 nitrogen and oxygen atoms in total. The van der Waals surface area contributed by atoms with Crippen LogP contribution in [0.15, 0.2) is 0 Å². The van der Waals surface area contributed by atoms with Crippen LogP contribution < -0.4 is 5.73 Å². The number of rotatable bonds is 2. The van der Waals surface area contributed by atoms with Gasteiger partial charge in [-0.25, -0.2) is 0 Å². The Kier molecular flexibility index (Phi) is 3.65. The number of hydrogen-bond donors (Lipinski definition) is 1. The van der Waals surface area contributed by atoms with Crippen molar-refractivity contribution in [3.05, 3.63) is 0 Å². The lowest BCUT2D eigenvalue weighted by molar-refractivity contribution is 0.0194. The van der Waals surface area contributed by atoms with Crippen LogP contribution in [-0.4, -0.2) is 54.1 Å². The van der Waals surface area contributed by atoms with Crippen molar-refractivity contribution in [1.82, 2.24) is 9.80 Å². The summed E-state index contributed by atoms with van der Waals surface area (Å²) in [4.78, 5) is 5.45. The van der Waals surface area contributed by atoms with Crippen molar-refractivity contribution in [1.29, 1.82) is 0 Å². The van der Waals surface area contributed by atoms with Gasteiger partial charge < -0.3 is 10.6 Å². The molecular weight excluding hydrogens is 222 g/mol. The van der Waals surface area contributed by atoms with Crippen molar-refractivity contribution in [2.75, 3.05) is 20.1 Å². The van der Waals surface area contributed by atoms with Gasteiger partial charge in [0.1, 0.15) is 0 Å². The van der Waals surface area contributed by atoms with Gasteiger partial charge in [-0.1, -0.05) is 0 Å². The molecule has 3 saturated heterocycles. The van der Waals surface area contributed by atoms with Crippen LogP contribution >= 0.6 is 0 Å². The minimum Gasteiger partial charge on any atom is -0.330 e. The van der Waals surface area contributed by atoms with Gasteiger partial charge in [-0.3, -0.25) is 4.90 Å². The first-order valence-electron chi connectivity index (χ1n) is 7.86. The summed E-state index contributed by atoms with van der Waals surface area (Å²) < 4.78 is 0. The molecule has 3 rings (SSSR count). The molecule has 3 aliphatic heterocycles. The van der Waals surface area contributed by atoms with Crippen molar-refractivity contribution in [2.24, 2.45) is 11.7 Å². The molecule has 4 unspecified atom stereocenters. The first kappa shape index (κ1) is 12.9. The molecule has 0 saturated carbocycles. The van der Waals surface area contributed by atoms with Crippen LogP contribution in [-0.2, 0) is 0 Å². The van der Waals surface area contributed by atoms with Gasteiger partial charge in [-0.15, -0.1) is 0 Å². The maximum Gasteiger partial charge on any atom is 0.0128 e. The van der Waals surface area contributed by atoms with E-state index in [0.29, 0.717) is 0 Å². The second-order valence-electron chi connectivity index (χ2n) is 6.90. The number of nitrogens with zero attached hydrogens (tertiary/aromatic N) is 2. The van der Waals surface area contributed by atoms with Gasteiger partial charge in [-0.2, -0.15) is 0 Å². The monoisotopic (exact) mass is 251 g/mol. The molecule has 0 aliphatic carbocycles. The molecule has 0 aromatic heterocycles. The van der Waals surface area contributed by atoms with Gasteiger partial charge in [0, 0.05) is 30.7 Å². The van der Waals surface area contributed by atoms with Gasteiger partial charge in [0.05, 0.1) is 0 Å². The van der Waals surface area contributed by atoms with Gasteiger partial charge in [0.15, 0.2) is 0 Å². The highest BCUT2D eigenvalue weighted by Crippen LogP contribution is 2.38. The lowest BCUT2D eigenvalue weighted by Crippen LogP contribution is -2.54. The summed E-state index contributed by atoms with van der Waals surface area (Å²) in [7, 11) is 2.33. The van der Waals surface area contributed by atoms with E-state index in [0.717, 1.165) is 36.6 Å². The highest BCUT2D eigenvalue weighted by Gasteiger charge is 2.42. The standard InChI is InChI=1S/C15H29N3/c1-11-3-4-12(9-16)10-18(11)15-7-13-5-6-14(8-15)17(13)2/h11-15H,3-10,16H2,1-2H3. The Morgan fingerprint density at radius 3 is 2.28 bits per heavy atom. The van der Waals surface area contributed by atoms with Gasteiger partial charge >= 0.3 is 0 Å². The fourth-order valence-corrected chi connectivity index (χ4v) is 4.57. The number of fused-ring (bicyclic) bond motifs is 2. The molecule has 0 radical (unpaired) electrons. The summed E-state index contributed by atoms with van der Waals surface area (Å²) in [6, 6.07) is 3.34. The minimum absolute atomic E-state index is 0.749. The lowest BCUT2D eigenvalue weighted by atomic mass is 9.88. The summed E-state index contributed by atoms with van der Waals surface area (Å²) in [6.07, 6.45) is 8.35. The Labute approximate surface area is 112 Å². The third kappa shape index (κ3) is 2.21. The number of hydrogen-bond acceptors (Lipinski definition) is 3. The summed E-state index contributed by atoms with van der Waals surface area (Å²) in [5, 5.41) is 0. The average Bonchev–Trinajstić information content (AvgIpc) is 2.62. The van der Waals surface area contributed by atoms with E-state index in [9.17, 15) is 0 Å². The first-order valence-corrected chi connectivity index (χ1v) is 7.86. The van der Waals surface area contributed by atoms with E-state index < -0.39 is 0 Å². The average molecular weight is 251 g/mol. The summed E-state index contributed by atoms with van der Waals surface area (Å²) >= 11 is 0. The molecule has 18 heavy (non-hydrogen) atoms. The number of nitrogens with two attached hydrogens (primary N) is 1. The van der Waals surface area contributed by atoms with Crippen LogP contribution in [0.2, 0.25) is 0 Å². The molecule has 0 aromatic carbocycles. The van der Waals surface area contributed by atoms with E-state index in [1.165, 1.54) is 45.1 Å². The third-order valence-electron chi connectivity index (χ3n) is 5.90. The van der Waals surface area contributed by atoms with Crippen LogP contribution in [0.3, 0.4) is 0 Å². The smallest absolute Gasteiger partial charge is 0.0128 e. The maximum atomic E-state index is 5.89. The fraction of sp³-hybridized carbons (Fsp3) is 1.00. The molecule has 3 fully saturated rings. The van der Waals surface area contributed by atoms with Crippen LogP contribution in [0.4, 0.5) is 0 Å². The maximum absolute atomic E-state index is 5.89. The number of piperidine rings is 2. The Morgan fingerprint density at radius 2 is 1.67 bits per heavy atom. The fourth-order valence-electron chi connectivity index (χ4n) is 4.57. The molecule has 3 heterocycles. The third-order valence-corrected chi connectivity index (χ3v) is 5.90. The van der Waals surface area contributed by atoms with Crippen molar-refractivity contribution in [3.8, 4) is 0 Å². The second kappa shape index (κ2) is 5.10. The quantitative estimate of drug-likeness (QED) is 0.810. The van der Waals surface area contributed by atoms with Crippen LogP contribution in [0.5, 0.6) is 0 Å². The second-order valence-corrected chi connectivity index (χ2v) is 6.90. The predicted octanol–water partition coefficient (Wildman–Crippen LogP) is 1.67. The van der Waals surface area contributed by atoms with Crippen molar-refractivity contribution in [3.63, 3.8) is 0 Å². The summed E-state index contributed by atoms with van der Waals surface area (Å²) in [5.74, 6) is 0.749. The number of likely N-dealkylation sites (tertiary alicyclic amines) is 1. The molecule has 4 atom stereocenters. The highest BCUT2D eigenvalue weighted by atomic mass is 15.3. The summed E-state index contributed by atoms with van der Waals surface area (Å²) in [6.45, 7) is 4.56. The highest BCUT2D eigenvalue weighted by molar-refractivity contribution is 4.98. The van der Waals surface area contributed by atoms with Crippen molar-refractivity contribution in [2.45, 2.75) is 69.6 Å². The van der Waals surface area contributed by atoms with E-state index in [4.69, 9.17) is 5.73 Å². The molecular formula is C15H29N3. The van der Waals surface area contributed by atoms with Gasteiger partial charge in [0.2, 0.25) is 0 Å². The molecule has 3 heteroatoms. The molecule has 2 bridgehead atoms. The van der Waals surface area contributed by atoms with Crippen LogP contribution in [0.1, 0.15) is 45.4 Å². The van der Waals surface area contributed by atoms with Crippen molar-refractivity contribution < 1.29 is 0 Å². The van der Waals surface area contributed by atoms with Gasteiger partial charge in [0.25, 0.3) is 0 Å². The van der Waals surface area contributed by atoms with E-state index >= 15 is 0 Å². The Morgan fingerprint density at radius 1 is 1.00 bits per heavy atom. The predicted molar refractivity (Wildman–Crippen MR) is 75.5 cm³/mol. The first-order chi connectivity index (χ1) is 8.69. The van der Waals surface area contributed by atoms with Crippen LogP contribution in [0.25, 0.3) is 0 Å². The van der Waals surface area contributed by atoms with E-state index in [1.54, 1.807) is 0 Å². The SMILES string of the molecule is CC1CCC(CN)CN1C1CC2CCC(C1)N2C. The zero-order valence-corrected chi connectivity index (χ0v) is 12.0. The zero-order chi connectivity index (χ0) is 12.7. The van der Waals surface area contributed by atoms with E-state index in [1.807, 2.05) is 0 Å². The Hall–Kier alpha value is -0.120. The van der Waals surface area contributed by atoms with Crippen molar-refractivity contribution >= 4 is 0 Å².